The molecule has 2 aromatic rings. The molecule has 0 amide bonds. The lowest BCUT2D eigenvalue weighted by Gasteiger charge is -2.42. The largest absolute Gasteiger partial charge is 0.356 e. The third-order valence-corrected chi connectivity index (χ3v) is 7.77. The molecule has 0 aromatic carbocycles. The van der Waals surface area contributed by atoms with Crippen LogP contribution in [0.1, 0.15) is 12.8 Å². The number of rotatable bonds is 5. The van der Waals surface area contributed by atoms with Crippen molar-refractivity contribution in [1.29, 1.82) is 0 Å². The Labute approximate surface area is 154 Å². The molecule has 9 heteroatoms. The number of hydrogen-bond acceptors (Lipinski definition) is 6. The van der Waals surface area contributed by atoms with Gasteiger partial charge < -0.3 is 14.8 Å². The number of nitrogens with zero attached hydrogens (tertiary/aromatic N) is 5. The number of piperazine rings is 1. The van der Waals surface area contributed by atoms with Gasteiger partial charge in [0.25, 0.3) is 0 Å². The summed E-state index contributed by atoms with van der Waals surface area (Å²) in [5.74, 6) is 1.40. The molecule has 0 atom stereocenters. The minimum absolute atomic E-state index is 0.232. The average Bonchev–Trinajstić information content (AvgIpc) is 3.06. The first-order valence-electron chi connectivity index (χ1n) is 9.11. The molecule has 0 radical (unpaired) electrons. The number of aromatic amines is 1. The Bertz CT molecular complexity index is 868. The summed E-state index contributed by atoms with van der Waals surface area (Å²) in [5, 5.41) is 1.00. The number of aromatic nitrogens is 3. The van der Waals surface area contributed by atoms with Gasteiger partial charge in [-0.05, 0) is 31.9 Å². The van der Waals surface area contributed by atoms with Gasteiger partial charge in [0.2, 0.25) is 10.0 Å². The lowest BCUT2D eigenvalue weighted by Crippen LogP contribution is -2.51. The Hall–Kier alpha value is -1.71. The van der Waals surface area contributed by atoms with Crippen molar-refractivity contribution in [2.45, 2.75) is 18.9 Å². The topological polar surface area (TPSA) is 85.4 Å². The first-order valence-corrected chi connectivity index (χ1v) is 10.7. The van der Waals surface area contributed by atoms with Crippen LogP contribution in [0.5, 0.6) is 0 Å². The predicted molar refractivity (Wildman–Crippen MR) is 102 cm³/mol. The van der Waals surface area contributed by atoms with Gasteiger partial charge in [0.05, 0.1) is 11.1 Å². The fourth-order valence-corrected chi connectivity index (χ4v) is 5.73. The van der Waals surface area contributed by atoms with Gasteiger partial charge in [-0.25, -0.2) is 18.4 Å². The van der Waals surface area contributed by atoms with Crippen molar-refractivity contribution in [1.82, 2.24) is 24.2 Å². The summed E-state index contributed by atoms with van der Waals surface area (Å²) in [5.41, 5.74) is 0.829. The zero-order valence-electron chi connectivity index (χ0n) is 15.3. The van der Waals surface area contributed by atoms with E-state index in [0.717, 1.165) is 42.8 Å². The van der Waals surface area contributed by atoms with Gasteiger partial charge >= 0.3 is 0 Å². The molecule has 8 nitrogen and oxygen atoms in total. The predicted octanol–water partition coefficient (Wildman–Crippen LogP) is 0.750. The van der Waals surface area contributed by atoms with Crippen molar-refractivity contribution in [2.24, 2.45) is 5.92 Å². The van der Waals surface area contributed by atoms with E-state index in [2.05, 4.69) is 24.8 Å². The molecule has 2 aromatic heterocycles. The molecule has 1 saturated heterocycles. The van der Waals surface area contributed by atoms with E-state index < -0.39 is 10.0 Å². The van der Waals surface area contributed by atoms with Gasteiger partial charge in [-0.1, -0.05) is 0 Å². The second kappa shape index (κ2) is 6.79. The maximum atomic E-state index is 12.7. The highest BCUT2D eigenvalue weighted by Gasteiger charge is 2.38. The fourth-order valence-electron chi connectivity index (χ4n) is 3.94. The number of nitrogens with one attached hydrogen (secondary N) is 1. The number of H-pyrrole nitrogens is 1. The Morgan fingerprint density at radius 2 is 1.96 bits per heavy atom. The molecule has 2 fully saturated rings. The summed E-state index contributed by atoms with van der Waals surface area (Å²) < 4.78 is 27.0. The van der Waals surface area contributed by atoms with E-state index in [1.807, 2.05) is 26.4 Å². The first-order chi connectivity index (χ1) is 12.4. The van der Waals surface area contributed by atoms with Crippen molar-refractivity contribution in [2.75, 3.05) is 50.9 Å². The normalized spacial score (nSPS) is 25.3. The van der Waals surface area contributed by atoms with Crippen molar-refractivity contribution in [3.8, 4) is 0 Å². The Morgan fingerprint density at radius 1 is 1.23 bits per heavy atom. The van der Waals surface area contributed by atoms with Crippen LogP contribution in [-0.2, 0) is 10.0 Å². The summed E-state index contributed by atoms with van der Waals surface area (Å²) in [6.07, 6.45) is 5.21. The summed E-state index contributed by atoms with van der Waals surface area (Å²) in [4.78, 5) is 16.1. The first kappa shape index (κ1) is 17.7. The molecule has 4 rings (SSSR count). The van der Waals surface area contributed by atoms with Crippen LogP contribution < -0.4 is 4.90 Å². The van der Waals surface area contributed by atoms with E-state index in [1.54, 1.807) is 10.6 Å². The number of anilines is 1. The van der Waals surface area contributed by atoms with Crippen LogP contribution in [0.2, 0.25) is 0 Å². The third kappa shape index (κ3) is 3.30. The summed E-state index contributed by atoms with van der Waals surface area (Å²) in [6.45, 7) is 2.86. The summed E-state index contributed by atoms with van der Waals surface area (Å²) >= 11 is 0. The van der Waals surface area contributed by atoms with E-state index in [9.17, 15) is 8.42 Å². The fraction of sp³-hybridized carbons (Fsp3) is 0.647. The van der Waals surface area contributed by atoms with Crippen LogP contribution in [0.25, 0.3) is 11.0 Å². The van der Waals surface area contributed by atoms with Crippen molar-refractivity contribution in [3.63, 3.8) is 0 Å². The minimum Gasteiger partial charge on any atom is -0.356 e. The third-order valence-electron chi connectivity index (χ3n) is 5.73. The lowest BCUT2D eigenvalue weighted by molar-refractivity contribution is 0.218. The molecule has 0 spiro atoms. The molecule has 26 heavy (non-hydrogen) atoms. The van der Waals surface area contributed by atoms with Crippen LogP contribution in [0.3, 0.4) is 0 Å². The van der Waals surface area contributed by atoms with E-state index in [4.69, 9.17) is 0 Å². The Balaban J connectivity index is 1.36. The molecule has 2 aliphatic rings. The highest BCUT2D eigenvalue weighted by atomic mass is 32.2. The second-order valence-corrected chi connectivity index (χ2v) is 9.53. The highest BCUT2D eigenvalue weighted by Crippen LogP contribution is 2.36. The molecule has 3 heterocycles. The van der Waals surface area contributed by atoms with E-state index in [0.29, 0.717) is 19.1 Å². The molecule has 1 aliphatic carbocycles. The summed E-state index contributed by atoms with van der Waals surface area (Å²) in [6, 6.07) is 2.31. The number of hydrogen-bond donors (Lipinski definition) is 1. The standard InChI is InChI=1S/C17H26N6O2S/c1-21-5-7-23(8-6-21)26(24,25)11-13-9-14(10-13)22(2)17-15-3-4-18-16(15)19-12-20-17/h3-4,12-14H,5-11H2,1-2H3,(H,18,19,20). The Morgan fingerprint density at radius 3 is 2.69 bits per heavy atom. The minimum atomic E-state index is -3.15. The van der Waals surface area contributed by atoms with Crippen molar-refractivity contribution < 1.29 is 8.42 Å². The molecule has 1 aliphatic heterocycles. The van der Waals surface area contributed by atoms with Crippen molar-refractivity contribution >= 4 is 26.9 Å². The van der Waals surface area contributed by atoms with Gasteiger partial charge in [0, 0.05) is 45.5 Å². The molecule has 142 valence electrons. The van der Waals surface area contributed by atoms with Gasteiger partial charge in [0.15, 0.2) is 0 Å². The van der Waals surface area contributed by atoms with Crippen LogP contribution in [0, 0.1) is 5.92 Å². The summed E-state index contributed by atoms with van der Waals surface area (Å²) in [7, 11) is 0.916. The highest BCUT2D eigenvalue weighted by molar-refractivity contribution is 7.89. The SMILES string of the molecule is CN1CCN(S(=O)(=O)CC2CC(N(C)c3ncnc4[nH]ccc34)C2)CC1. The number of sulfonamides is 1. The second-order valence-electron chi connectivity index (χ2n) is 7.52. The van der Waals surface area contributed by atoms with E-state index in [1.165, 1.54) is 0 Å². The van der Waals surface area contributed by atoms with Crippen LogP contribution in [-0.4, -0.2) is 84.6 Å². The monoisotopic (exact) mass is 378 g/mol. The Kier molecular flexibility index (Phi) is 4.62. The van der Waals surface area contributed by atoms with Gasteiger partial charge in [-0.3, -0.25) is 0 Å². The van der Waals surface area contributed by atoms with Gasteiger partial charge in [-0.2, -0.15) is 4.31 Å². The van der Waals surface area contributed by atoms with E-state index >= 15 is 0 Å². The van der Waals surface area contributed by atoms with Crippen molar-refractivity contribution in [3.05, 3.63) is 18.6 Å². The quantitative estimate of drug-likeness (QED) is 0.826. The molecule has 1 saturated carbocycles. The maximum Gasteiger partial charge on any atom is 0.214 e. The maximum absolute atomic E-state index is 12.7. The molecule has 0 bridgehead atoms. The van der Waals surface area contributed by atoms with Crippen LogP contribution in [0.15, 0.2) is 18.6 Å². The van der Waals surface area contributed by atoms with Gasteiger partial charge in [-0.15, -0.1) is 0 Å². The number of likely N-dealkylation sites (N-methyl/N-ethyl adjacent to an activating group) is 1. The number of fused-ring (bicyclic) bond motifs is 1. The molecular formula is C17H26N6O2S. The van der Waals surface area contributed by atoms with E-state index in [-0.39, 0.29) is 11.7 Å². The van der Waals surface area contributed by atoms with Crippen LogP contribution >= 0.6 is 0 Å². The average molecular weight is 379 g/mol. The van der Waals surface area contributed by atoms with Gasteiger partial charge in [0.1, 0.15) is 17.8 Å². The molecule has 1 N–H and O–H groups in total. The zero-order chi connectivity index (χ0) is 18.3. The molecular weight excluding hydrogens is 352 g/mol. The zero-order valence-corrected chi connectivity index (χ0v) is 16.1. The van der Waals surface area contributed by atoms with Crippen LogP contribution in [0.4, 0.5) is 5.82 Å². The smallest absolute Gasteiger partial charge is 0.214 e. The molecule has 0 unspecified atom stereocenters. The lowest BCUT2D eigenvalue weighted by atomic mass is 9.81.